The highest BCUT2D eigenvalue weighted by Gasteiger charge is 2.35. The monoisotopic (exact) mass is 284 g/mol. The maximum absolute atomic E-state index is 12.2. The van der Waals surface area contributed by atoms with Crippen molar-refractivity contribution in [1.29, 1.82) is 0 Å². The lowest BCUT2D eigenvalue weighted by molar-refractivity contribution is 0.0784. The van der Waals surface area contributed by atoms with E-state index in [4.69, 9.17) is 0 Å². The Hall–Kier alpha value is -2.56. The zero-order valence-corrected chi connectivity index (χ0v) is 11.9. The van der Waals surface area contributed by atoms with Gasteiger partial charge in [0.1, 0.15) is 0 Å². The van der Waals surface area contributed by atoms with Crippen LogP contribution in [0.4, 0.5) is 0 Å². The molecule has 5 nitrogen and oxygen atoms in total. The first-order valence-electron chi connectivity index (χ1n) is 6.78. The molecule has 0 saturated carbocycles. The fraction of sp³-hybridized carbons (Fsp3) is 0.250. The van der Waals surface area contributed by atoms with E-state index in [0.29, 0.717) is 11.1 Å². The number of aromatic nitrogens is 1. The highest BCUT2D eigenvalue weighted by atomic mass is 16.3. The molecule has 0 fully saturated rings. The Labute approximate surface area is 122 Å². The first kappa shape index (κ1) is 13.4. The van der Waals surface area contributed by atoms with Crippen molar-refractivity contribution in [3.05, 3.63) is 63.4 Å². The average molecular weight is 284 g/mol. The molecule has 1 N–H and O–H groups in total. The summed E-state index contributed by atoms with van der Waals surface area (Å²) in [6.07, 6.45) is 0. The Bertz CT molecular complexity index is 765. The second-order valence-electron chi connectivity index (χ2n) is 5.30. The number of carbonyl (C=O) groups excluding carboxylic acids is 1. The maximum atomic E-state index is 12.2. The van der Waals surface area contributed by atoms with Gasteiger partial charge in [-0.15, -0.1) is 0 Å². The van der Waals surface area contributed by atoms with Crippen LogP contribution in [-0.2, 0) is 6.54 Å². The highest BCUT2D eigenvalue weighted by Crippen LogP contribution is 2.36. The summed E-state index contributed by atoms with van der Waals surface area (Å²) in [6.45, 7) is 2.12. The number of nitrogens with zero attached hydrogens (tertiary/aromatic N) is 2. The summed E-state index contributed by atoms with van der Waals surface area (Å²) in [6, 6.07) is 10.5. The van der Waals surface area contributed by atoms with Crippen molar-refractivity contribution in [2.75, 3.05) is 7.05 Å². The molecule has 1 aromatic carbocycles. The molecular formula is C16H16N2O3. The lowest BCUT2D eigenvalue weighted by atomic mass is 10.1. The van der Waals surface area contributed by atoms with Crippen molar-refractivity contribution in [2.24, 2.45) is 0 Å². The van der Waals surface area contributed by atoms with Crippen molar-refractivity contribution in [3.63, 3.8) is 0 Å². The van der Waals surface area contributed by atoms with Crippen LogP contribution in [0.5, 0.6) is 5.88 Å². The van der Waals surface area contributed by atoms with Crippen molar-refractivity contribution in [1.82, 2.24) is 9.47 Å². The smallest absolute Gasteiger partial charge is 0.254 e. The zero-order chi connectivity index (χ0) is 15.1. The first-order chi connectivity index (χ1) is 10.0. The first-order valence-corrected chi connectivity index (χ1v) is 6.78. The van der Waals surface area contributed by atoms with Crippen molar-refractivity contribution >= 4 is 5.91 Å². The SMILES string of the molecule is CC1c2c(cc(=O)n(Cc3ccccc3)c2O)C(=O)N1C. The van der Waals surface area contributed by atoms with E-state index in [0.717, 1.165) is 5.56 Å². The van der Waals surface area contributed by atoms with Gasteiger partial charge in [0, 0.05) is 18.7 Å². The number of benzene rings is 1. The van der Waals surface area contributed by atoms with Gasteiger partial charge in [0.25, 0.3) is 11.5 Å². The minimum atomic E-state index is -0.369. The molecule has 1 amide bonds. The number of hydrogen-bond acceptors (Lipinski definition) is 3. The van der Waals surface area contributed by atoms with Crippen LogP contribution in [0, 0.1) is 0 Å². The van der Waals surface area contributed by atoms with Crippen LogP contribution in [0.25, 0.3) is 0 Å². The molecule has 0 aliphatic carbocycles. The van der Waals surface area contributed by atoms with Crippen LogP contribution in [-0.4, -0.2) is 27.5 Å². The summed E-state index contributed by atoms with van der Waals surface area (Å²) in [5, 5.41) is 10.4. The standard InChI is InChI=1S/C16H16N2O3/c1-10-14-12(15(20)17(10)2)8-13(19)18(16(14)21)9-11-6-4-3-5-7-11/h3-8,10,21H,9H2,1-2H3. The number of fused-ring (bicyclic) bond motifs is 1. The van der Waals surface area contributed by atoms with E-state index in [2.05, 4.69) is 0 Å². The summed E-state index contributed by atoms with van der Waals surface area (Å²) in [5.74, 6) is -0.344. The molecule has 0 radical (unpaired) electrons. The minimum absolute atomic E-state index is 0.119. The molecule has 3 rings (SSSR count). The Kier molecular flexibility index (Phi) is 3.05. The molecule has 5 heteroatoms. The van der Waals surface area contributed by atoms with Crippen molar-refractivity contribution in [2.45, 2.75) is 19.5 Å². The molecule has 0 saturated heterocycles. The maximum Gasteiger partial charge on any atom is 0.254 e. The van der Waals surface area contributed by atoms with Gasteiger partial charge in [0.2, 0.25) is 0 Å². The molecule has 1 aromatic heterocycles. The molecular weight excluding hydrogens is 268 g/mol. The van der Waals surface area contributed by atoms with Gasteiger partial charge in [-0.25, -0.2) is 0 Å². The van der Waals surface area contributed by atoms with Gasteiger partial charge in [0.15, 0.2) is 5.88 Å². The van der Waals surface area contributed by atoms with Gasteiger partial charge in [-0.2, -0.15) is 0 Å². The highest BCUT2D eigenvalue weighted by molar-refractivity contribution is 5.99. The second-order valence-corrected chi connectivity index (χ2v) is 5.30. The molecule has 2 aromatic rings. The van der Waals surface area contributed by atoms with Gasteiger partial charge in [-0.1, -0.05) is 30.3 Å². The van der Waals surface area contributed by atoms with Crippen LogP contribution in [0.2, 0.25) is 0 Å². The number of pyridine rings is 1. The number of hydrogen-bond donors (Lipinski definition) is 1. The van der Waals surface area contributed by atoms with E-state index in [-0.39, 0.29) is 29.9 Å². The quantitative estimate of drug-likeness (QED) is 0.914. The third kappa shape index (κ3) is 2.01. The second kappa shape index (κ2) is 4.77. The van der Waals surface area contributed by atoms with Crippen LogP contribution in [0.3, 0.4) is 0 Å². The van der Waals surface area contributed by atoms with Crippen molar-refractivity contribution in [3.8, 4) is 5.88 Å². The van der Waals surface area contributed by atoms with E-state index in [1.165, 1.54) is 15.5 Å². The molecule has 108 valence electrons. The van der Waals surface area contributed by atoms with Gasteiger partial charge in [0.05, 0.1) is 18.2 Å². The van der Waals surface area contributed by atoms with Gasteiger partial charge in [-0.05, 0) is 12.5 Å². The van der Waals surface area contributed by atoms with Gasteiger partial charge in [-0.3, -0.25) is 14.2 Å². The van der Waals surface area contributed by atoms with Gasteiger partial charge < -0.3 is 10.0 Å². The Morgan fingerprint density at radius 2 is 1.86 bits per heavy atom. The normalized spacial score (nSPS) is 17.1. The third-order valence-corrected chi connectivity index (χ3v) is 4.05. The molecule has 1 aliphatic rings. The largest absolute Gasteiger partial charge is 0.494 e. The summed E-state index contributed by atoms with van der Waals surface area (Å²) in [7, 11) is 1.67. The molecule has 0 bridgehead atoms. The van der Waals surface area contributed by atoms with Crippen LogP contribution < -0.4 is 5.56 Å². The Morgan fingerprint density at radius 3 is 2.52 bits per heavy atom. The van der Waals surface area contributed by atoms with Crippen LogP contribution in [0.1, 0.15) is 34.5 Å². The van der Waals surface area contributed by atoms with E-state index in [1.54, 1.807) is 7.05 Å². The Balaban J connectivity index is 2.13. The Morgan fingerprint density at radius 1 is 1.19 bits per heavy atom. The number of rotatable bonds is 2. The molecule has 2 heterocycles. The molecule has 1 aliphatic heterocycles. The number of aromatic hydroxyl groups is 1. The van der Waals surface area contributed by atoms with Crippen LogP contribution >= 0.6 is 0 Å². The summed E-state index contributed by atoms with van der Waals surface area (Å²) >= 11 is 0. The van der Waals surface area contributed by atoms with Crippen LogP contribution in [0.15, 0.2) is 41.2 Å². The summed E-state index contributed by atoms with van der Waals surface area (Å²) in [5.41, 5.74) is 1.38. The lowest BCUT2D eigenvalue weighted by Crippen LogP contribution is -2.22. The van der Waals surface area contributed by atoms with E-state index in [1.807, 2.05) is 37.3 Å². The van der Waals surface area contributed by atoms with E-state index in [9.17, 15) is 14.7 Å². The summed E-state index contributed by atoms with van der Waals surface area (Å²) < 4.78 is 1.30. The number of carbonyl (C=O) groups is 1. The summed E-state index contributed by atoms with van der Waals surface area (Å²) in [4.78, 5) is 25.8. The average Bonchev–Trinajstić information content (AvgIpc) is 2.69. The zero-order valence-electron chi connectivity index (χ0n) is 11.9. The molecule has 0 spiro atoms. The minimum Gasteiger partial charge on any atom is -0.494 e. The molecule has 1 atom stereocenters. The van der Waals surface area contributed by atoms with E-state index >= 15 is 0 Å². The fourth-order valence-electron chi connectivity index (χ4n) is 2.72. The third-order valence-electron chi connectivity index (χ3n) is 4.05. The van der Waals surface area contributed by atoms with Crippen molar-refractivity contribution < 1.29 is 9.90 Å². The predicted molar refractivity (Wildman–Crippen MR) is 78.4 cm³/mol. The molecule has 21 heavy (non-hydrogen) atoms. The topological polar surface area (TPSA) is 62.5 Å². The number of amides is 1. The van der Waals surface area contributed by atoms with E-state index < -0.39 is 0 Å². The lowest BCUT2D eigenvalue weighted by Gasteiger charge is -2.17. The predicted octanol–water partition coefficient (Wildman–Crippen LogP) is 1.75. The fourth-order valence-corrected chi connectivity index (χ4v) is 2.72. The molecule has 1 unspecified atom stereocenters. The van der Waals surface area contributed by atoms with Gasteiger partial charge >= 0.3 is 0 Å².